The lowest BCUT2D eigenvalue weighted by Gasteiger charge is -2.27. The van der Waals surface area contributed by atoms with E-state index < -0.39 is 0 Å². The predicted molar refractivity (Wildman–Crippen MR) is 623 cm³/mol. The maximum atomic E-state index is 6.60. The van der Waals surface area contributed by atoms with Crippen LogP contribution in [-0.4, -0.2) is 0 Å². The average molecular weight is 1920 g/mol. The Kier molecular flexibility index (Phi) is 21.2. The van der Waals surface area contributed by atoms with Crippen molar-refractivity contribution in [1.29, 1.82) is 0 Å². The summed E-state index contributed by atoms with van der Waals surface area (Å²) in [6.07, 6.45) is 0. The number of nitrogens with zero attached hydrogens (tertiary/aromatic N) is 3. The highest BCUT2D eigenvalue weighted by Gasteiger charge is 2.28. The molecule has 0 saturated heterocycles. The van der Waals surface area contributed by atoms with E-state index in [0.29, 0.717) is 0 Å². The highest BCUT2D eigenvalue weighted by molar-refractivity contribution is 7.27. The number of anilines is 9. The minimum absolute atomic E-state index is 0.836. The minimum Gasteiger partial charge on any atom is -0.456 e. The number of hydrogen-bond donors (Lipinski definition) is 0. The summed E-state index contributed by atoms with van der Waals surface area (Å²) in [6.45, 7) is 0. The lowest BCUT2D eigenvalue weighted by atomic mass is 9.93. The first-order chi connectivity index (χ1) is 72.9. The van der Waals surface area contributed by atoms with Gasteiger partial charge in [0.15, 0.2) is 11.2 Å². The molecule has 0 saturated carbocycles. The molecule has 30 rings (SSSR count). The number of hydrogen-bond acceptors (Lipinski definition) is 9. The van der Waals surface area contributed by atoms with E-state index in [1.54, 1.807) is 0 Å². The molecule has 0 unspecified atom stereocenters. The lowest BCUT2D eigenvalue weighted by molar-refractivity contribution is 0.666. The molecule has 24 aromatic carbocycles. The van der Waals surface area contributed by atoms with Gasteiger partial charge in [-0.3, -0.25) is 0 Å². The van der Waals surface area contributed by atoms with Crippen molar-refractivity contribution >= 4 is 234 Å². The Hall–Kier alpha value is -18.9. The van der Waals surface area contributed by atoms with Crippen LogP contribution in [-0.2, 0) is 0 Å². The van der Waals surface area contributed by atoms with Crippen molar-refractivity contribution in [2.24, 2.45) is 0 Å². The largest absolute Gasteiger partial charge is 0.456 e. The third-order valence-corrected chi connectivity index (χ3v) is 31.4. The third-order valence-electron chi connectivity index (χ3n) is 29.0. The van der Waals surface area contributed by atoms with Crippen molar-refractivity contribution in [2.75, 3.05) is 14.7 Å². The summed E-state index contributed by atoms with van der Waals surface area (Å²) in [5.41, 5.74) is 30.9. The second-order valence-corrected chi connectivity index (χ2v) is 39.6. The SMILES string of the molecule is c1ccc(-c2cc(-c3ccc(N(c4ccc5c(c4)oc4ccccc45)c4ccc5c(c4)oc4ccccc45)cc3)cc3ccccc23)cc1.c1ccc(-c2cc(-c3ccc(N(c4cccc5c4oc4ccccc45)c4cccc5c4oc4ccccc45)cc3)cc3ccccc23)cc1.c1ccc(-c2cc(-c3ccc(N(c4cccc5c4sc4ccccc45)c4cccc5c4sc4ccccc45)cc3)cc3ccccc23)cc1. The summed E-state index contributed by atoms with van der Waals surface area (Å²) in [6, 6.07) is 188. The molecule has 0 aliphatic heterocycles. The number of fused-ring (bicyclic) bond motifs is 21. The van der Waals surface area contributed by atoms with E-state index >= 15 is 0 Å². The first-order valence-electron chi connectivity index (χ1n) is 49.8. The van der Waals surface area contributed by atoms with E-state index in [4.69, 9.17) is 17.7 Å². The van der Waals surface area contributed by atoms with Crippen LogP contribution in [0.3, 0.4) is 0 Å². The van der Waals surface area contributed by atoms with E-state index in [2.05, 4.69) is 494 Å². The van der Waals surface area contributed by atoms with Gasteiger partial charge in [-0.15, -0.1) is 22.7 Å². The maximum absolute atomic E-state index is 6.60. The topological polar surface area (TPSA) is 62.3 Å². The monoisotopic (exact) mass is 1910 g/mol. The van der Waals surface area contributed by atoms with Crippen molar-refractivity contribution in [1.82, 2.24) is 0 Å². The van der Waals surface area contributed by atoms with E-state index in [1.165, 1.54) is 140 Å². The summed E-state index contributed by atoms with van der Waals surface area (Å²) in [7, 11) is 0. The molecule has 0 atom stereocenters. The molecule has 7 nitrogen and oxygen atoms in total. The summed E-state index contributed by atoms with van der Waals surface area (Å²) < 4.78 is 31.1. The zero-order chi connectivity index (χ0) is 96.9. The van der Waals surface area contributed by atoms with Crippen LogP contribution in [0.4, 0.5) is 51.2 Å². The van der Waals surface area contributed by atoms with Gasteiger partial charge in [-0.1, -0.05) is 358 Å². The Balaban J connectivity index is 0.000000107. The van der Waals surface area contributed by atoms with Gasteiger partial charge in [-0.05, 0) is 257 Å². The Labute approximate surface area is 854 Å². The van der Waals surface area contributed by atoms with Gasteiger partial charge in [-0.25, -0.2) is 0 Å². The van der Waals surface area contributed by atoms with Crippen molar-refractivity contribution < 1.29 is 17.7 Å². The van der Waals surface area contributed by atoms with Crippen LogP contribution in [0.5, 0.6) is 0 Å². The number of rotatable bonds is 15. The zero-order valence-corrected chi connectivity index (χ0v) is 81.2. The summed E-state index contributed by atoms with van der Waals surface area (Å²) >= 11 is 3.76. The average Bonchev–Trinajstić information content (AvgIpc) is 1.60. The summed E-state index contributed by atoms with van der Waals surface area (Å²) in [4.78, 5) is 7.03. The predicted octanol–water partition coefficient (Wildman–Crippen LogP) is 41.3. The molecule has 690 valence electrons. The number of furan rings is 4. The fourth-order valence-corrected chi connectivity index (χ4v) is 24.4. The van der Waals surface area contributed by atoms with E-state index in [-0.39, 0.29) is 0 Å². The van der Waals surface area contributed by atoms with E-state index in [0.717, 1.165) is 139 Å². The van der Waals surface area contributed by atoms with Gasteiger partial charge >= 0.3 is 0 Å². The van der Waals surface area contributed by atoms with Crippen LogP contribution in [0, 0.1) is 0 Å². The van der Waals surface area contributed by atoms with Gasteiger partial charge in [0, 0.05) is 115 Å². The number of benzene rings is 24. The van der Waals surface area contributed by atoms with Gasteiger partial charge in [0.05, 0.1) is 32.1 Å². The molecule has 0 fully saturated rings. The molecular formula is C138H87N3O4S2. The second-order valence-electron chi connectivity index (χ2n) is 37.5. The fraction of sp³-hybridized carbons (Fsp3) is 0. The fourth-order valence-electron chi connectivity index (χ4n) is 22.0. The van der Waals surface area contributed by atoms with Gasteiger partial charge in [0.1, 0.15) is 33.5 Å². The van der Waals surface area contributed by atoms with Crippen molar-refractivity contribution in [3.63, 3.8) is 0 Å². The van der Waals surface area contributed by atoms with Crippen LogP contribution in [0.25, 0.3) is 227 Å². The molecule has 0 amide bonds. The Morgan fingerprint density at radius 1 is 0.143 bits per heavy atom. The van der Waals surface area contributed by atoms with Gasteiger partial charge in [0.2, 0.25) is 0 Å². The molecule has 6 aromatic heterocycles. The molecule has 0 aliphatic rings. The Morgan fingerprint density at radius 2 is 0.408 bits per heavy atom. The highest BCUT2D eigenvalue weighted by Crippen LogP contribution is 2.53. The molecule has 0 N–H and O–H groups in total. The highest BCUT2D eigenvalue weighted by atomic mass is 32.1. The number of para-hydroxylation sites is 6. The Morgan fingerprint density at radius 3 is 0.776 bits per heavy atom. The van der Waals surface area contributed by atoms with Crippen molar-refractivity contribution in [3.05, 3.63) is 528 Å². The molecule has 9 heteroatoms. The van der Waals surface area contributed by atoms with E-state index in [1.807, 2.05) is 71.2 Å². The molecular weight excluding hydrogens is 1830 g/mol. The van der Waals surface area contributed by atoms with Gasteiger partial charge in [-0.2, -0.15) is 0 Å². The molecule has 147 heavy (non-hydrogen) atoms. The minimum atomic E-state index is 0.836. The Bertz CT molecular complexity index is 9620. The molecule has 0 aliphatic carbocycles. The summed E-state index contributed by atoms with van der Waals surface area (Å²) in [5, 5.41) is 21.5. The lowest BCUT2D eigenvalue weighted by Crippen LogP contribution is -2.10. The first-order valence-corrected chi connectivity index (χ1v) is 51.4. The van der Waals surface area contributed by atoms with Crippen LogP contribution < -0.4 is 14.7 Å². The second kappa shape index (κ2) is 36.3. The first kappa shape index (κ1) is 86.0. The third kappa shape index (κ3) is 15.3. The van der Waals surface area contributed by atoms with Gasteiger partial charge in [0.25, 0.3) is 0 Å². The van der Waals surface area contributed by atoms with Crippen LogP contribution in [0.15, 0.2) is 545 Å². The molecule has 0 spiro atoms. The van der Waals surface area contributed by atoms with Crippen molar-refractivity contribution in [3.8, 4) is 66.8 Å². The normalized spacial score (nSPS) is 11.7. The molecule has 6 heterocycles. The quantitative estimate of drug-likeness (QED) is 0.101. The van der Waals surface area contributed by atoms with Crippen LogP contribution in [0.2, 0.25) is 0 Å². The van der Waals surface area contributed by atoms with Crippen molar-refractivity contribution in [2.45, 2.75) is 0 Å². The van der Waals surface area contributed by atoms with Crippen LogP contribution >= 0.6 is 22.7 Å². The summed E-state index contributed by atoms with van der Waals surface area (Å²) in [5.74, 6) is 0. The zero-order valence-electron chi connectivity index (χ0n) is 79.5. The molecule has 0 radical (unpaired) electrons. The van der Waals surface area contributed by atoms with Crippen LogP contribution in [0.1, 0.15) is 0 Å². The molecule has 0 bridgehead atoms. The maximum Gasteiger partial charge on any atom is 0.159 e. The van der Waals surface area contributed by atoms with E-state index in [9.17, 15) is 0 Å². The smallest absolute Gasteiger partial charge is 0.159 e. The standard InChI is InChI=1S/2C46H29NO2.C46H29NS2/c1-2-12-31(13-3-1)40-29-33(28-32-14-4-5-15-35(32)40)30-24-26-34(27-25-30)47(41-20-10-18-38-36-16-6-8-22-43(36)48-45(38)41)42-21-11-19-39-37-17-7-9-23-44(37)49-46(39)42;1-2-10-31(11-3-1)42-27-33(26-32-12-4-5-13-37(32)42)30-18-20-34(21-19-30)47(35-22-24-40-38-14-6-8-16-43(38)48-45(40)28-35)36-23-25-41-39-15-7-9-17-44(39)49-46(41)29-36;1-2-12-31(13-3-1)40-29-33(28-32-14-4-5-15-35(32)40)30-24-26-34(27-25-30)47(41-20-10-18-38-36-16-6-8-22-43(36)48-45(38)41)42-21-11-19-39-37-17-7-9-23-44(37)49-46(39)42/h3*1-29H. The van der Waals surface area contributed by atoms with Gasteiger partial charge < -0.3 is 32.4 Å². The molecule has 30 aromatic rings. The number of thiophene rings is 2.